The van der Waals surface area contributed by atoms with E-state index in [-0.39, 0.29) is 47.7 Å². The molecule has 0 aromatic carbocycles. The van der Waals surface area contributed by atoms with E-state index in [9.17, 15) is 4.91 Å². The molecule has 8 nitrogen and oxygen atoms in total. The third-order valence-corrected chi connectivity index (χ3v) is 3.52. The van der Waals surface area contributed by atoms with Crippen molar-refractivity contribution in [2.24, 2.45) is 16.4 Å². The Labute approximate surface area is 153 Å². The number of aromatic nitrogens is 3. The average molecular weight is 329 g/mol. The summed E-state index contributed by atoms with van der Waals surface area (Å²) in [7, 11) is 0. The Kier molecular flexibility index (Phi) is 5.47. The molecule has 1 aliphatic carbocycles. The largest absolute Gasteiger partial charge is 1.00 e. The summed E-state index contributed by atoms with van der Waals surface area (Å²) in [6.45, 7) is 0.696. The zero-order valence-corrected chi connectivity index (χ0v) is 14.5. The number of halogens is 1. The van der Waals surface area contributed by atoms with E-state index in [1.165, 1.54) is 0 Å². The first-order chi connectivity index (χ1) is 10.2. The molecule has 2 aromatic rings. The fourth-order valence-electron chi connectivity index (χ4n) is 2.11. The zero-order valence-electron chi connectivity index (χ0n) is 12.7. The number of nitriles is 1. The summed E-state index contributed by atoms with van der Waals surface area (Å²) < 4.78 is 1.84. The molecule has 10 heteroatoms. The van der Waals surface area contributed by atoms with Crippen LogP contribution in [0.2, 0.25) is 5.15 Å². The normalized spacial score (nSPS) is 14.3. The van der Waals surface area contributed by atoms with Gasteiger partial charge in [0.2, 0.25) is 5.71 Å². The quantitative estimate of drug-likeness (QED) is 0.243. The molecule has 0 N–H and O–H groups in total. The first-order valence-electron chi connectivity index (χ1n) is 6.22. The van der Waals surface area contributed by atoms with Gasteiger partial charge in [-0.05, 0) is 30.0 Å². The van der Waals surface area contributed by atoms with Crippen molar-refractivity contribution in [3.05, 3.63) is 28.1 Å². The van der Waals surface area contributed by atoms with Gasteiger partial charge in [0.25, 0.3) is 0 Å². The SMILES string of the molecule is N#CC(=NON=O)c1nc2c(Cl)nccc2n1CC1CC1.[H-].[Na+]. The van der Waals surface area contributed by atoms with Crippen LogP contribution >= 0.6 is 11.6 Å². The summed E-state index contributed by atoms with van der Waals surface area (Å²) in [5, 5.41) is 14.9. The summed E-state index contributed by atoms with van der Waals surface area (Å²) >= 11 is 6.04. The van der Waals surface area contributed by atoms with Crippen LogP contribution in [0.1, 0.15) is 20.1 Å². The average Bonchev–Trinajstić information content (AvgIpc) is 3.23. The first-order valence-corrected chi connectivity index (χ1v) is 6.60. The van der Waals surface area contributed by atoms with Gasteiger partial charge in [0, 0.05) is 12.7 Å². The van der Waals surface area contributed by atoms with Crippen molar-refractivity contribution < 1.29 is 35.9 Å². The number of imidazole rings is 1. The van der Waals surface area contributed by atoms with E-state index in [0.717, 1.165) is 18.4 Å². The molecule has 1 aliphatic rings. The maximum atomic E-state index is 10.0. The van der Waals surface area contributed by atoms with Crippen molar-refractivity contribution in [3.8, 4) is 6.07 Å². The number of pyridine rings is 1. The zero-order chi connectivity index (χ0) is 14.8. The van der Waals surface area contributed by atoms with Crippen LogP contribution in [0.25, 0.3) is 11.0 Å². The molecule has 108 valence electrons. The molecule has 2 heterocycles. The molecule has 0 aliphatic heterocycles. The predicted octanol–water partition coefficient (Wildman–Crippen LogP) is -0.463. The van der Waals surface area contributed by atoms with E-state index in [1.54, 1.807) is 12.3 Å². The van der Waals surface area contributed by atoms with Gasteiger partial charge >= 0.3 is 29.6 Å². The Morgan fingerprint density at radius 3 is 3.05 bits per heavy atom. The summed E-state index contributed by atoms with van der Waals surface area (Å²) in [6, 6.07) is 3.62. The smallest absolute Gasteiger partial charge is 1.00 e. The molecular weight excluding hydrogens is 319 g/mol. The van der Waals surface area contributed by atoms with Crippen molar-refractivity contribution >= 4 is 28.3 Å². The number of hydrogen-bond acceptors (Lipinski definition) is 7. The molecule has 1 fully saturated rings. The minimum absolute atomic E-state index is 0. The van der Waals surface area contributed by atoms with Gasteiger partial charge in [0.05, 0.1) is 5.52 Å². The number of rotatable bonds is 5. The summed E-state index contributed by atoms with van der Waals surface area (Å²) in [6.07, 6.45) is 3.83. The Morgan fingerprint density at radius 1 is 1.64 bits per heavy atom. The topological polar surface area (TPSA) is 106 Å². The maximum Gasteiger partial charge on any atom is 1.00 e. The van der Waals surface area contributed by atoms with Crippen molar-refractivity contribution in [2.75, 3.05) is 0 Å². The molecule has 0 amide bonds. The van der Waals surface area contributed by atoms with Gasteiger partial charge in [-0.15, -0.1) is 4.91 Å². The van der Waals surface area contributed by atoms with Gasteiger partial charge in [-0.3, -0.25) is 0 Å². The second-order valence-electron chi connectivity index (χ2n) is 4.67. The predicted molar refractivity (Wildman–Crippen MR) is 75.4 cm³/mol. The van der Waals surface area contributed by atoms with Crippen LogP contribution in [0.3, 0.4) is 0 Å². The van der Waals surface area contributed by atoms with Crippen LogP contribution in [0.5, 0.6) is 0 Å². The van der Waals surface area contributed by atoms with Gasteiger partial charge in [0.15, 0.2) is 16.3 Å². The molecule has 22 heavy (non-hydrogen) atoms. The minimum Gasteiger partial charge on any atom is -1.00 e. The first kappa shape index (κ1) is 16.8. The van der Waals surface area contributed by atoms with Crippen molar-refractivity contribution in [2.45, 2.75) is 19.4 Å². The van der Waals surface area contributed by atoms with Crippen LogP contribution < -0.4 is 29.6 Å². The van der Waals surface area contributed by atoms with Gasteiger partial charge in [-0.1, -0.05) is 11.6 Å². The summed E-state index contributed by atoms with van der Waals surface area (Å²) in [5.74, 6) is 0.830. The standard InChI is InChI=1S/C12H9ClN6O2.Na.H/c13-11-10-9(3-4-15-11)19(6-7-1-2-7)12(16-10)8(5-14)17-21-18-20;;/h3-4,7H,1-2,6H2;;/q;+1;-1. The fraction of sp³-hybridized carbons (Fsp3) is 0.333. The van der Waals surface area contributed by atoms with Crippen molar-refractivity contribution in [1.29, 1.82) is 5.26 Å². The van der Waals surface area contributed by atoms with Crippen LogP contribution in [0, 0.1) is 22.2 Å². The second kappa shape index (κ2) is 7.15. The van der Waals surface area contributed by atoms with Gasteiger partial charge in [0.1, 0.15) is 11.6 Å². The molecule has 0 atom stereocenters. The van der Waals surface area contributed by atoms with Crippen molar-refractivity contribution in [3.63, 3.8) is 0 Å². The van der Waals surface area contributed by atoms with Gasteiger partial charge < -0.3 is 5.99 Å². The number of nitrogens with zero attached hydrogens (tertiary/aromatic N) is 6. The fourth-order valence-corrected chi connectivity index (χ4v) is 2.31. The van der Waals surface area contributed by atoms with Gasteiger partial charge in [-0.2, -0.15) is 5.26 Å². The number of fused-ring (bicyclic) bond motifs is 1. The number of hydrogen-bond donors (Lipinski definition) is 0. The summed E-state index contributed by atoms with van der Waals surface area (Å²) in [5.41, 5.74) is 1.11. The molecular formula is C12H10ClN6NaO2. The monoisotopic (exact) mass is 328 g/mol. The second-order valence-corrected chi connectivity index (χ2v) is 5.02. The molecule has 0 unspecified atom stereocenters. The Balaban J connectivity index is 0.00000132. The molecule has 0 radical (unpaired) electrons. The maximum absolute atomic E-state index is 10.0. The van der Waals surface area contributed by atoms with Crippen molar-refractivity contribution in [1.82, 2.24) is 14.5 Å². The molecule has 2 aromatic heterocycles. The van der Waals surface area contributed by atoms with Crippen LogP contribution in [-0.2, 0) is 11.5 Å². The van der Waals surface area contributed by atoms with Crippen LogP contribution in [0.15, 0.2) is 22.8 Å². The summed E-state index contributed by atoms with van der Waals surface area (Å²) in [4.78, 5) is 22.4. The molecule has 0 spiro atoms. The molecule has 0 bridgehead atoms. The van der Waals surface area contributed by atoms with E-state index in [1.807, 2.05) is 10.6 Å². The van der Waals surface area contributed by atoms with E-state index in [2.05, 4.69) is 25.4 Å². The van der Waals surface area contributed by atoms with E-state index in [0.29, 0.717) is 18.0 Å². The Bertz CT molecular complexity index is 786. The molecule has 3 rings (SSSR count). The van der Waals surface area contributed by atoms with Gasteiger partial charge in [-0.25, -0.2) is 14.9 Å². The molecule has 1 saturated carbocycles. The van der Waals surface area contributed by atoms with E-state index >= 15 is 0 Å². The number of oxime groups is 1. The Morgan fingerprint density at radius 2 is 2.41 bits per heavy atom. The van der Waals surface area contributed by atoms with Crippen LogP contribution in [0.4, 0.5) is 0 Å². The van der Waals surface area contributed by atoms with E-state index in [4.69, 9.17) is 16.9 Å². The van der Waals surface area contributed by atoms with Crippen LogP contribution in [-0.4, -0.2) is 20.2 Å². The minimum atomic E-state index is -0.137. The molecule has 0 saturated heterocycles. The third-order valence-electron chi connectivity index (χ3n) is 3.24. The third kappa shape index (κ3) is 3.28. The Hall–Kier alpha value is -1.53. The van der Waals surface area contributed by atoms with E-state index < -0.39 is 0 Å².